The fraction of sp³-hybridized carbons (Fsp3) is 0.571. The molecule has 5 nitrogen and oxygen atoms in total. The highest BCUT2D eigenvalue weighted by Gasteiger charge is 2.51. The van der Waals surface area contributed by atoms with E-state index in [2.05, 4.69) is 0 Å². The maximum atomic E-state index is 11.0. The van der Waals surface area contributed by atoms with E-state index in [1.54, 1.807) is 19.1 Å². The zero-order chi connectivity index (χ0) is 14.2. The van der Waals surface area contributed by atoms with Crippen LogP contribution in [0.5, 0.6) is 5.75 Å². The van der Waals surface area contributed by atoms with Crippen LogP contribution in [-0.4, -0.2) is 22.2 Å². The Balaban J connectivity index is 2.23. The summed E-state index contributed by atoms with van der Waals surface area (Å²) >= 11 is 0. The number of hydrogen-bond acceptors (Lipinski definition) is 4. The second-order valence-electron chi connectivity index (χ2n) is 5.45. The monoisotopic (exact) mass is 265 g/mol. The third-order valence-electron chi connectivity index (χ3n) is 4.28. The number of nitrogens with zero attached hydrogens (tertiary/aromatic N) is 1. The van der Waals surface area contributed by atoms with Crippen molar-refractivity contribution < 1.29 is 14.8 Å². The van der Waals surface area contributed by atoms with Crippen molar-refractivity contribution >= 4 is 5.69 Å². The maximum absolute atomic E-state index is 11.0. The molecule has 3 unspecified atom stereocenters. The molecule has 0 bridgehead atoms. The summed E-state index contributed by atoms with van der Waals surface area (Å²) in [6, 6.07) is 4.93. The van der Waals surface area contributed by atoms with E-state index in [1.807, 2.05) is 13.8 Å². The topological polar surface area (TPSA) is 72.6 Å². The number of aliphatic hydroxyl groups is 1. The first-order valence-electron chi connectivity index (χ1n) is 6.48. The molecule has 19 heavy (non-hydrogen) atoms. The lowest BCUT2D eigenvalue weighted by Gasteiger charge is -2.50. The van der Waals surface area contributed by atoms with Crippen molar-refractivity contribution in [2.45, 2.75) is 45.8 Å². The molecule has 1 aromatic carbocycles. The molecule has 104 valence electrons. The second kappa shape index (κ2) is 4.81. The minimum Gasteiger partial charge on any atom is -0.483 e. The van der Waals surface area contributed by atoms with Crippen molar-refractivity contribution in [2.75, 3.05) is 0 Å². The molecule has 0 aliphatic heterocycles. The Morgan fingerprint density at radius 2 is 2.26 bits per heavy atom. The van der Waals surface area contributed by atoms with E-state index >= 15 is 0 Å². The summed E-state index contributed by atoms with van der Waals surface area (Å²) in [5.41, 5.74) is 0.490. The summed E-state index contributed by atoms with van der Waals surface area (Å²) < 4.78 is 5.77. The summed E-state index contributed by atoms with van der Waals surface area (Å²) in [6.45, 7) is 5.74. The van der Waals surface area contributed by atoms with E-state index in [9.17, 15) is 15.2 Å². The summed E-state index contributed by atoms with van der Waals surface area (Å²) in [4.78, 5) is 10.6. The molecule has 0 radical (unpaired) electrons. The number of hydrogen-bond donors (Lipinski definition) is 1. The minimum absolute atomic E-state index is 0.0140. The van der Waals surface area contributed by atoms with E-state index < -0.39 is 11.0 Å². The van der Waals surface area contributed by atoms with Crippen molar-refractivity contribution in [1.82, 2.24) is 0 Å². The molecule has 0 aromatic heterocycles. The Morgan fingerprint density at radius 3 is 2.79 bits per heavy atom. The first kappa shape index (κ1) is 13.8. The van der Waals surface area contributed by atoms with Gasteiger partial charge in [-0.3, -0.25) is 10.1 Å². The summed E-state index contributed by atoms with van der Waals surface area (Å²) in [5.74, 6) is 0.284. The van der Waals surface area contributed by atoms with Crippen molar-refractivity contribution in [3.05, 3.63) is 33.9 Å². The van der Waals surface area contributed by atoms with Crippen LogP contribution < -0.4 is 4.74 Å². The van der Waals surface area contributed by atoms with Gasteiger partial charge >= 0.3 is 5.69 Å². The van der Waals surface area contributed by atoms with Gasteiger partial charge in [-0.25, -0.2) is 0 Å². The molecule has 0 amide bonds. The Morgan fingerprint density at radius 1 is 1.58 bits per heavy atom. The van der Waals surface area contributed by atoms with Crippen LogP contribution in [-0.2, 0) is 0 Å². The molecule has 0 heterocycles. The normalized spacial score (nSPS) is 29.7. The summed E-state index contributed by atoms with van der Waals surface area (Å²) in [7, 11) is 0. The lowest BCUT2D eigenvalue weighted by Crippen LogP contribution is -2.57. The smallest absolute Gasteiger partial charge is 0.311 e. The highest BCUT2D eigenvalue weighted by Crippen LogP contribution is 2.47. The molecule has 1 aliphatic carbocycles. The second-order valence-corrected chi connectivity index (χ2v) is 5.45. The fourth-order valence-corrected chi connectivity index (χ4v) is 2.46. The largest absolute Gasteiger partial charge is 0.483 e. The number of benzene rings is 1. The van der Waals surface area contributed by atoms with Gasteiger partial charge in [0.15, 0.2) is 5.75 Å². The molecule has 2 rings (SSSR count). The number of ether oxygens (including phenoxy) is 1. The van der Waals surface area contributed by atoms with Gasteiger partial charge in [0.1, 0.15) is 6.10 Å². The van der Waals surface area contributed by atoms with E-state index in [4.69, 9.17) is 4.74 Å². The average Bonchev–Trinajstić information content (AvgIpc) is 2.38. The molecular weight excluding hydrogens is 246 g/mol. The lowest BCUT2D eigenvalue weighted by molar-refractivity contribution is -0.386. The molecule has 1 aromatic rings. The van der Waals surface area contributed by atoms with Crippen molar-refractivity contribution in [3.63, 3.8) is 0 Å². The van der Waals surface area contributed by atoms with Crippen LogP contribution in [0, 0.1) is 22.5 Å². The van der Waals surface area contributed by atoms with Crippen LogP contribution >= 0.6 is 0 Å². The van der Waals surface area contributed by atoms with Gasteiger partial charge < -0.3 is 9.84 Å². The molecular formula is C14H19NO4. The van der Waals surface area contributed by atoms with Gasteiger partial charge in [0, 0.05) is 17.9 Å². The minimum atomic E-state index is -0.430. The van der Waals surface area contributed by atoms with Gasteiger partial charge in [0.05, 0.1) is 11.0 Å². The van der Waals surface area contributed by atoms with Crippen LogP contribution in [0.2, 0.25) is 0 Å². The molecule has 3 atom stereocenters. The number of aliphatic hydroxyl groups excluding tert-OH is 1. The number of rotatable bonds is 4. The quantitative estimate of drug-likeness (QED) is 0.671. The Kier molecular flexibility index (Phi) is 3.49. The first-order valence-corrected chi connectivity index (χ1v) is 6.48. The Labute approximate surface area is 112 Å². The van der Waals surface area contributed by atoms with Crippen LogP contribution in [0.25, 0.3) is 0 Å². The number of nitro groups is 1. The predicted octanol–water partition coefficient (Wildman–Crippen LogP) is 2.83. The van der Waals surface area contributed by atoms with E-state index in [0.29, 0.717) is 6.42 Å². The van der Waals surface area contributed by atoms with Crippen LogP contribution in [0.15, 0.2) is 18.2 Å². The van der Waals surface area contributed by atoms with Gasteiger partial charge in [0.2, 0.25) is 0 Å². The summed E-state index contributed by atoms with van der Waals surface area (Å²) in [5, 5.41) is 20.9. The zero-order valence-corrected chi connectivity index (χ0v) is 11.4. The third-order valence-corrected chi connectivity index (χ3v) is 4.28. The van der Waals surface area contributed by atoms with Crippen molar-refractivity contribution in [2.24, 2.45) is 5.41 Å². The molecule has 0 spiro atoms. The highest BCUT2D eigenvalue weighted by atomic mass is 16.6. The van der Waals surface area contributed by atoms with Gasteiger partial charge in [-0.05, 0) is 25.0 Å². The molecule has 5 heteroatoms. The predicted molar refractivity (Wildman–Crippen MR) is 71.3 cm³/mol. The number of aryl methyl sites for hydroxylation is 1. The maximum Gasteiger partial charge on any atom is 0.311 e. The Bertz CT molecular complexity index is 502. The molecule has 1 N–H and O–H groups in total. The van der Waals surface area contributed by atoms with Crippen molar-refractivity contribution in [3.8, 4) is 5.75 Å². The molecule has 0 saturated heterocycles. The average molecular weight is 265 g/mol. The fourth-order valence-electron chi connectivity index (χ4n) is 2.46. The highest BCUT2D eigenvalue weighted by molar-refractivity contribution is 5.48. The van der Waals surface area contributed by atoms with Crippen LogP contribution in [0.4, 0.5) is 5.69 Å². The molecule has 1 aliphatic rings. The zero-order valence-electron chi connectivity index (χ0n) is 11.4. The lowest BCUT2D eigenvalue weighted by atomic mass is 9.63. The van der Waals surface area contributed by atoms with Crippen LogP contribution in [0.3, 0.4) is 0 Å². The van der Waals surface area contributed by atoms with Crippen LogP contribution in [0.1, 0.15) is 32.3 Å². The Hall–Kier alpha value is -1.62. The standard InChI is InChI=1S/C14H19NO4/c1-4-14(3)12(16)8-13(14)19-11-6-5-9(2)7-10(11)15(17)18/h5-7,12-13,16H,4,8H2,1-3H3. The first-order chi connectivity index (χ1) is 8.88. The van der Waals surface area contributed by atoms with Gasteiger partial charge in [-0.1, -0.05) is 19.9 Å². The summed E-state index contributed by atoms with van der Waals surface area (Å²) in [6.07, 6.45) is 0.731. The molecule has 1 fully saturated rings. The van der Waals surface area contributed by atoms with Gasteiger partial charge in [0.25, 0.3) is 0 Å². The van der Waals surface area contributed by atoms with Crippen molar-refractivity contribution in [1.29, 1.82) is 0 Å². The van der Waals surface area contributed by atoms with E-state index in [1.165, 1.54) is 6.07 Å². The third kappa shape index (κ3) is 2.30. The van der Waals surface area contributed by atoms with Gasteiger partial charge in [-0.2, -0.15) is 0 Å². The molecule has 1 saturated carbocycles. The SMILES string of the molecule is CCC1(C)C(O)CC1Oc1ccc(C)cc1[N+](=O)[O-]. The van der Waals surface area contributed by atoms with Gasteiger partial charge in [-0.15, -0.1) is 0 Å². The van der Waals surface area contributed by atoms with E-state index in [-0.39, 0.29) is 23.0 Å². The number of nitro benzene ring substituents is 1. The van der Waals surface area contributed by atoms with E-state index in [0.717, 1.165) is 12.0 Å².